The number of nitrogens with zero attached hydrogens (tertiary/aromatic N) is 4. The summed E-state index contributed by atoms with van der Waals surface area (Å²) in [6.45, 7) is 8.62. The summed E-state index contributed by atoms with van der Waals surface area (Å²) in [4.78, 5) is 46.7. The average Bonchev–Trinajstić information content (AvgIpc) is 3.28. The predicted molar refractivity (Wildman–Crippen MR) is 145 cm³/mol. The molecule has 0 aliphatic carbocycles. The van der Waals surface area contributed by atoms with Crippen molar-refractivity contribution >= 4 is 28.8 Å². The lowest BCUT2D eigenvalue weighted by atomic mass is 10.1. The topological polar surface area (TPSA) is 104 Å². The number of fused-ring (bicyclic) bond motifs is 1. The second kappa shape index (κ2) is 12.3. The van der Waals surface area contributed by atoms with Crippen molar-refractivity contribution in [2.75, 3.05) is 59.0 Å². The minimum atomic E-state index is -2.88. The molecule has 2 saturated heterocycles. The number of pyridine rings is 1. The van der Waals surface area contributed by atoms with Gasteiger partial charge in [0.15, 0.2) is 0 Å². The first-order valence-electron chi connectivity index (χ1n) is 13.6. The first-order valence-corrected chi connectivity index (χ1v) is 13.6. The number of carbonyl (C=O) groups excluding carboxylic acids is 3. The summed E-state index contributed by atoms with van der Waals surface area (Å²) < 4.78 is 38.2. The third kappa shape index (κ3) is 8.00. The summed E-state index contributed by atoms with van der Waals surface area (Å²) in [5.74, 6) is -3.33. The standard InChI is InChI=1S/C28H37F2N5O5/c1-27(2,3)40-26(38)34-14-12-33(13-15-34)10-4-16-39-20-5-6-23-22(17-20)21(7-9-31-23)25(37)32-18-24(36)35-11-8-28(29,30)19-35/h5-7,9,17H,4,8,10-16,18-19H2,1-3H3,(H,32,37). The van der Waals surface area contributed by atoms with E-state index >= 15 is 0 Å². The summed E-state index contributed by atoms with van der Waals surface area (Å²) in [5.41, 5.74) is 0.399. The summed E-state index contributed by atoms with van der Waals surface area (Å²) >= 11 is 0. The zero-order valence-corrected chi connectivity index (χ0v) is 23.3. The molecule has 0 bridgehead atoms. The molecule has 4 rings (SSSR count). The molecule has 2 aliphatic heterocycles. The molecule has 1 aromatic heterocycles. The maximum atomic E-state index is 13.4. The second-order valence-electron chi connectivity index (χ2n) is 11.2. The molecule has 2 aromatic rings. The maximum absolute atomic E-state index is 13.4. The fourth-order valence-electron chi connectivity index (χ4n) is 4.68. The first kappa shape index (κ1) is 29.4. The van der Waals surface area contributed by atoms with Gasteiger partial charge in [-0.05, 0) is 51.5 Å². The molecule has 3 heterocycles. The Morgan fingerprint density at radius 3 is 2.48 bits per heavy atom. The molecular weight excluding hydrogens is 524 g/mol. The van der Waals surface area contributed by atoms with Crippen molar-refractivity contribution in [2.24, 2.45) is 0 Å². The monoisotopic (exact) mass is 561 g/mol. The highest BCUT2D eigenvalue weighted by Gasteiger charge is 2.40. The van der Waals surface area contributed by atoms with Gasteiger partial charge in [0.05, 0.1) is 30.8 Å². The number of hydrogen-bond acceptors (Lipinski definition) is 7. The van der Waals surface area contributed by atoms with E-state index in [9.17, 15) is 23.2 Å². The lowest BCUT2D eigenvalue weighted by molar-refractivity contribution is -0.130. The molecule has 0 spiro atoms. The largest absolute Gasteiger partial charge is 0.494 e. The molecule has 10 nitrogen and oxygen atoms in total. The van der Waals surface area contributed by atoms with Crippen LogP contribution in [0.2, 0.25) is 0 Å². The van der Waals surface area contributed by atoms with Crippen LogP contribution in [0.15, 0.2) is 30.5 Å². The Hall–Kier alpha value is -3.54. The number of carbonyl (C=O) groups is 3. The fraction of sp³-hybridized carbons (Fsp3) is 0.571. The molecule has 0 unspecified atom stereocenters. The van der Waals surface area contributed by atoms with Crippen LogP contribution in [0.3, 0.4) is 0 Å². The summed E-state index contributed by atoms with van der Waals surface area (Å²) in [6, 6.07) is 6.83. The Labute approximate surface area is 232 Å². The van der Waals surface area contributed by atoms with Gasteiger partial charge in [-0.25, -0.2) is 13.6 Å². The Kier molecular flexibility index (Phi) is 9.07. The number of nitrogens with one attached hydrogen (secondary N) is 1. The number of rotatable bonds is 8. The Balaban J connectivity index is 1.24. The number of ether oxygens (including phenoxy) is 2. The number of benzene rings is 1. The van der Waals surface area contributed by atoms with Crippen LogP contribution in [0.25, 0.3) is 10.9 Å². The molecule has 2 aliphatic rings. The fourth-order valence-corrected chi connectivity index (χ4v) is 4.68. The maximum Gasteiger partial charge on any atom is 0.410 e. The molecule has 1 N–H and O–H groups in total. The summed E-state index contributed by atoms with van der Waals surface area (Å²) in [7, 11) is 0. The highest BCUT2D eigenvalue weighted by atomic mass is 19.3. The van der Waals surface area contributed by atoms with E-state index in [2.05, 4.69) is 15.2 Å². The van der Waals surface area contributed by atoms with Gasteiger partial charge in [0, 0.05) is 57.3 Å². The highest BCUT2D eigenvalue weighted by Crippen LogP contribution is 2.27. The number of likely N-dealkylation sites (tertiary alicyclic amines) is 1. The Morgan fingerprint density at radius 2 is 1.80 bits per heavy atom. The zero-order chi connectivity index (χ0) is 28.9. The second-order valence-corrected chi connectivity index (χ2v) is 11.2. The molecule has 40 heavy (non-hydrogen) atoms. The van der Waals surface area contributed by atoms with E-state index in [4.69, 9.17) is 9.47 Å². The minimum Gasteiger partial charge on any atom is -0.494 e. The van der Waals surface area contributed by atoms with Gasteiger partial charge >= 0.3 is 6.09 Å². The van der Waals surface area contributed by atoms with Crippen LogP contribution in [-0.4, -0.2) is 108 Å². The quantitative estimate of drug-likeness (QED) is 0.494. The van der Waals surface area contributed by atoms with E-state index in [1.165, 1.54) is 6.20 Å². The van der Waals surface area contributed by atoms with Gasteiger partial charge in [0.2, 0.25) is 5.91 Å². The normalized spacial score (nSPS) is 17.6. The van der Waals surface area contributed by atoms with Crippen LogP contribution in [0, 0.1) is 0 Å². The summed E-state index contributed by atoms with van der Waals surface area (Å²) in [6.07, 6.45) is 1.64. The molecule has 12 heteroatoms. The van der Waals surface area contributed by atoms with E-state index < -0.39 is 29.9 Å². The van der Waals surface area contributed by atoms with Gasteiger partial charge in [0.25, 0.3) is 11.8 Å². The number of piperazine rings is 1. The third-order valence-electron chi connectivity index (χ3n) is 6.79. The van der Waals surface area contributed by atoms with Crippen LogP contribution in [0.1, 0.15) is 44.0 Å². The molecule has 1 aromatic carbocycles. The zero-order valence-electron chi connectivity index (χ0n) is 23.3. The lowest BCUT2D eigenvalue weighted by Gasteiger charge is -2.35. The predicted octanol–water partition coefficient (Wildman–Crippen LogP) is 3.15. The Morgan fingerprint density at radius 1 is 1.05 bits per heavy atom. The minimum absolute atomic E-state index is 0.0249. The number of aromatic nitrogens is 1. The molecule has 2 fully saturated rings. The first-order chi connectivity index (χ1) is 18.9. The number of hydrogen-bond donors (Lipinski definition) is 1. The van der Waals surface area contributed by atoms with Gasteiger partial charge in [-0.1, -0.05) is 0 Å². The van der Waals surface area contributed by atoms with Crippen molar-refractivity contribution in [3.05, 3.63) is 36.0 Å². The average molecular weight is 562 g/mol. The van der Waals surface area contributed by atoms with Crippen molar-refractivity contribution in [3.63, 3.8) is 0 Å². The van der Waals surface area contributed by atoms with Gasteiger partial charge in [-0.2, -0.15) is 0 Å². The van der Waals surface area contributed by atoms with E-state index in [0.29, 0.717) is 41.9 Å². The molecule has 0 radical (unpaired) electrons. The van der Waals surface area contributed by atoms with Crippen LogP contribution in [0.4, 0.5) is 13.6 Å². The lowest BCUT2D eigenvalue weighted by Crippen LogP contribution is -2.50. The number of alkyl halides is 2. The van der Waals surface area contributed by atoms with Gasteiger partial charge in [0.1, 0.15) is 11.4 Å². The van der Waals surface area contributed by atoms with Crippen LogP contribution < -0.4 is 10.1 Å². The van der Waals surface area contributed by atoms with Gasteiger partial charge < -0.3 is 24.6 Å². The van der Waals surface area contributed by atoms with Crippen LogP contribution >= 0.6 is 0 Å². The summed E-state index contributed by atoms with van der Waals surface area (Å²) in [5, 5.41) is 3.11. The van der Waals surface area contributed by atoms with Crippen molar-refractivity contribution in [1.82, 2.24) is 25.0 Å². The molecular formula is C28H37F2N5O5. The van der Waals surface area contributed by atoms with E-state index in [-0.39, 0.29) is 25.6 Å². The van der Waals surface area contributed by atoms with E-state index in [0.717, 1.165) is 31.0 Å². The van der Waals surface area contributed by atoms with Crippen molar-refractivity contribution in [3.8, 4) is 5.75 Å². The molecule has 218 valence electrons. The van der Waals surface area contributed by atoms with Crippen LogP contribution in [0.5, 0.6) is 5.75 Å². The van der Waals surface area contributed by atoms with Gasteiger partial charge in [-0.3, -0.25) is 19.5 Å². The van der Waals surface area contributed by atoms with Gasteiger partial charge in [-0.15, -0.1) is 0 Å². The highest BCUT2D eigenvalue weighted by molar-refractivity contribution is 6.07. The SMILES string of the molecule is CC(C)(C)OC(=O)N1CCN(CCCOc2ccc3nccc(C(=O)NCC(=O)N4CCC(F)(F)C4)c3c2)CC1. The molecule has 0 atom stereocenters. The smallest absolute Gasteiger partial charge is 0.410 e. The van der Waals surface area contributed by atoms with E-state index in [1.54, 1.807) is 29.2 Å². The molecule has 3 amide bonds. The van der Waals surface area contributed by atoms with Crippen molar-refractivity contribution in [1.29, 1.82) is 0 Å². The third-order valence-corrected chi connectivity index (χ3v) is 6.79. The number of halogens is 2. The Bertz CT molecular complexity index is 1230. The number of amides is 3. The molecule has 0 saturated carbocycles. The van der Waals surface area contributed by atoms with Crippen molar-refractivity contribution in [2.45, 2.75) is 45.1 Å². The van der Waals surface area contributed by atoms with E-state index in [1.807, 2.05) is 20.8 Å². The van der Waals surface area contributed by atoms with Crippen molar-refractivity contribution < 1.29 is 32.6 Å². The van der Waals surface area contributed by atoms with Crippen LogP contribution in [-0.2, 0) is 9.53 Å².